The first kappa shape index (κ1) is 19.9. The molecule has 0 saturated heterocycles. The first-order valence-corrected chi connectivity index (χ1v) is 10.8. The fourth-order valence-corrected chi connectivity index (χ4v) is 5.06. The molecule has 0 radical (unpaired) electrons. The zero-order chi connectivity index (χ0) is 20.2. The number of hydrogen-bond donors (Lipinski definition) is 0. The van der Waals surface area contributed by atoms with Crippen LogP contribution in [0.1, 0.15) is 61.3 Å². The van der Waals surface area contributed by atoms with Crippen molar-refractivity contribution in [1.29, 1.82) is 0 Å². The zero-order valence-electron chi connectivity index (χ0n) is 17.1. The zero-order valence-corrected chi connectivity index (χ0v) is 17.1. The summed E-state index contributed by atoms with van der Waals surface area (Å²) in [5.74, 6) is 7.58. The molecule has 0 N–H and O–H groups in total. The van der Waals surface area contributed by atoms with Gasteiger partial charge in [-0.3, -0.25) is 0 Å². The molecule has 0 heterocycles. The molecule has 0 aromatic heterocycles. The van der Waals surface area contributed by atoms with Crippen molar-refractivity contribution in [2.24, 2.45) is 17.8 Å². The van der Waals surface area contributed by atoms with Crippen molar-refractivity contribution >= 4 is 0 Å². The molecule has 0 bridgehead atoms. The van der Waals surface area contributed by atoms with Gasteiger partial charge in [0.25, 0.3) is 0 Å². The molecule has 1 unspecified atom stereocenters. The Morgan fingerprint density at radius 3 is 2.34 bits per heavy atom. The van der Waals surface area contributed by atoms with Crippen molar-refractivity contribution in [3.8, 4) is 11.8 Å². The predicted octanol–water partition coefficient (Wildman–Crippen LogP) is 6.85. The molecule has 1 atom stereocenters. The third-order valence-electron chi connectivity index (χ3n) is 6.69. The molecule has 2 aromatic rings. The van der Waals surface area contributed by atoms with Crippen molar-refractivity contribution in [3.05, 3.63) is 82.4 Å². The molecule has 0 aliphatic heterocycles. The number of fused-ring (bicyclic) bond motifs is 1. The molecule has 0 amide bonds. The number of halogens is 2. The summed E-state index contributed by atoms with van der Waals surface area (Å²) in [6.45, 7) is 2.11. The summed E-state index contributed by atoms with van der Waals surface area (Å²) in [7, 11) is 0. The second-order valence-electron chi connectivity index (χ2n) is 8.56. The van der Waals surface area contributed by atoms with Gasteiger partial charge in [-0.15, -0.1) is 0 Å². The monoisotopic (exact) mass is 390 g/mol. The van der Waals surface area contributed by atoms with E-state index in [4.69, 9.17) is 0 Å². The number of rotatable bonds is 2. The first-order chi connectivity index (χ1) is 14.1. The summed E-state index contributed by atoms with van der Waals surface area (Å²) < 4.78 is 27.7. The van der Waals surface area contributed by atoms with Crippen LogP contribution in [0.25, 0.3) is 0 Å². The standard InChI is InChI=1S/C27H28F2/c1-2-3-19-4-9-21(10-5-19)22-12-13-23-16-24(27(29)18-25(23)17-22)11-6-20-7-14-26(28)15-8-20/h2-3,7-8,14-16,18-19,21-22H,4-5,9-10,12-13,17H2,1H3/b3-2+. The average molecular weight is 391 g/mol. The van der Waals surface area contributed by atoms with E-state index < -0.39 is 0 Å². The van der Waals surface area contributed by atoms with E-state index in [-0.39, 0.29) is 11.6 Å². The van der Waals surface area contributed by atoms with Gasteiger partial charge in [0.15, 0.2) is 0 Å². The lowest BCUT2D eigenvalue weighted by Crippen LogP contribution is -2.26. The minimum Gasteiger partial charge on any atom is -0.207 e. The Balaban J connectivity index is 1.45. The fraction of sp³-hybridized carbons (Fsp3) is 0.407. The van der Waals surface area contributed by atoms with Gasteiger partial charge in [0.1, 0.15) is 11.6 Å². The van der Waals surface area contributed by atoms with Gasteiger partial charge in [-0.05, 0) is 117 Å². The van der Waals surface area contributed by atoms with E-state index in [0.717, 1.165) is 24.7 Å². The molecule has 4 rings (SSSR count). The predicted molar refractivity (Wildman–Crippen MR) is 115 cm³/mol. The molecule has 0 nitrogen and oxygen atoms in total. The van der Waals surface area contributed by atoms with E-state index in [2.05, 4.69) is 30.9 Å². The second kappa shape index (κ2) is 8.95. The van der Waals surface area contributed by atoms with Crippen molar-refractivity contribution in [1.82, 2.24) is 0 Å². The maximum absolute atomic E-state index is 14.7. The molecule has 2 heteroatoms. The lowest BCUT2D eigenvalue weighted by atomic mass is 9.69. The van der Waals surface area contributed by atoms with Crippen LogP contribution in [0.3, 0.4) is 0 Å². The Morgan fingerprint density at radius 2 is 1.62 bits per heavy atom. The molecule has 29 heavy (non-hydrogen) atoms. The van der Waals surface area contributed by atoms with Gasteiger partial charge in [0.05, 0.1) is 5.56 Å². The highest BCUT2D eigenvalue weighted by molar-refractivity contribution is 5.47. The maximum Gasteiger partial charge on any atom is 0.139 e. The van der Waals surface area contributed by atoms with Gasteiger partial charge >= 0.3 is 0 Å². The molecular weight excluding hydrogens is 362 g/mol. The minimum atomic E-state index is -0.291. The van der Waals surface area contributed by atoms with Crippen LogP contribution in [0.15, 0.2) is 48.6 Å². The largest absolute Gasteiger partial charge is 0.207 e. The van der Waals surface area contributed by atoms with Crippen molar-refractivity contribution < 1.29 is 8.78 Å². The van der Waals surface area contributed by atoms with Crippen LogP contribution in [0.5, 0.6) is 0 Å². The highest BCUT2D eigenvalue weighted by Crippen LogP contribution is 2.40. The van der Waals surface area contributed by atoms with Gasteiger partial charge in [-0.1, -0.05) is 24.0 Å². The minimum absolute atomic E-state index is 0.240. The highest BCUT2D eigenvalue weighted by Gasteiger charge is 2.30. The van der Waals surface area contributed by atoms with Crippen molar-refractivity contribution in [2.45, 2.75) is 51.9 Å². The number of aryl methyl sites for hydroxylation is 1. The van der Waals surface area contributed by atoms with E-state index in [9.17, 15) is 8.78 Å². The van der Waals surface area contributed by atoms with Crippen LogP contribution in [-0.2, 0) is 12.8 Å². The lowest BCUT2D eigenvalue weighted by molar-refractivity contribution is 0.206. The smallest absolute Gasteiger partial charge is 0.139 e. The number of allylic oxidation sites excluding steroid dienone is 2. The summed E-state index contributed by atoms with van der Waals surface area (Å²) in [6, 6.07) is 9.63. The molecule has 2 aromatic carbocycles. The highest BCUT2D eigenvalue weighted by atomic mass is 19.1. The Labute approximate surface area is 173 Å². The van der Waals surface area contributed by atoms with Gasteiger partial charge in [0, 0.05) is 5.56 Å². The quantitative estimate of drug-likeness (QED) is 0.388. The normalized spacial score (nSPS) is 24.0. The van der Waals surface area contributed by atoms with Crippen LogP contribution < -0.4 is 0 Å². The Morgan fingerprint density at radius 1 is 0.862 bits per heavy atom. The summed E-state index contributed by atoms with van der Waals surface area (Å²) >= 11 is 0. The molecule has 1 saturated carbocycles. The van der Waals surface area contributed by atoms with Gasteiger partial charge in [0.2, 0.25) is 0 Å². The number of hydrogen-bond acceptors (Lipinski definition) is 0. The van der Waals surface area contributed by atoms with Gasteiger partial charge in [-0.2, -0.15) is 0 Å². The lowest BCUT2D eigenvalue weighted by Gasteiger charge is -2.36. The van der Waals surface area contributed by atoms with Crippen molar-refractivity contribution in [3.63, 3.8) is 0 Å². The van der Waals surface area contributed by atoms with Crippen molar-refractivity contribution in [2.75, 3.05) is 0 Å². The summed E-state index contributed by atoms with van der Waals surface area (Å²) in [5, 5.41) is 0. The molecule has 150 valence electrons. The molecule has 2 aliphatic carbocycles. The Hall–Kier alpha value is -2.40. The molecule has 0 spiro atoms. The molecule has 2 aliphatic rings. The van der Waals surface area contributed by atoms with Crippen LogP contribution in [0.2, 0.25) is 0 Å². The van der Waals surface area contributed by atoms with Crippen LogP contribution in [-0.4, -0.2) is 0 Å². The maximum atomic E-state index is 14.7. The second-order valence-corrected chi connectivity index (χ2v) is 8.56. The number of benzene rings is 2. The Kier molecular flexibility index (Phi) is 6.14. The van der Waals surface area contributed by atoms with Crippen LogP contribution >= 0.6 is 0 Å². The van der Waals surface area contributed by atoms with Crippen LogP contribution in [0.4, 0.5) is 8.78 Å². The fourth-order valence-electron chi connectivity index (χ4n) is 5.06. The van der Waals surface area contributed by atoms with Gasteiger partial charge < -0.3 is 0 Å². The van der Waals surface area contributed by atoms with E-state index >= 15 is 0 Å². The summed E-state index contributed by atoms with van der Waals surface area (Å²) in [6.07, 6.45) is 12.9. The third-order valence-corrected chi connectivity index (χ3v) is 6.69. The van der Waals surface area contributed by atoms with Crippen LogP contribution in [0, 0.1) is 41.2 Å². The average Bonchev–Trinajstić information content (AvgIpc) is 2.74. The third kappa shape index (κ3) is 4.78. The summed E-state index contributed by atoms with van der Waals surface area (Å²) in [5.41, 5.74) is 3.55. The summed E-state index contributed by atoms with van der Waals surface area (Å²) in [4.78, 5) is 0. The van der Waals surface area contributed by atoms with E-state index in [1.54, 1.807) is 18.2 Å². The van der Waals surface area contributed by atoms with E-state index in [0.29, 0.717) is 17.0 Å². The Bertz CT molecular complexity index is 935. The molecular formula is C27H28F2. The SMILES string of the molecule is C/C=C/C1CCC(C2CCc3cc(C#Cc4ccc(F)cc4)c(F)cc3C2)CC1. The van der Waals surface area contributed by atoms with Gasteiger partial charge in [-0.25, -0.2) is 8.78 Å². The first-order valence-electron chi connectivity index (χ1n) is 10.8. The molecule has 1 fully saturated rings. The van der Waals surface area contributed by atoms with E-state index in [1.807, 2.05) is 6.07 Å². The topological polar surface area (TPSA) is 0 Å². The van der Waals surface area contributed by atoms with E-state index in [1.165, 1.54) is 55.4 Å².